The number of halogens is 3. The highest BCUT2D eigenvalue weighted by Gasteiger charge is 2.38. The number of alkyl halides is 3. The van der Waals surface area contributed by atoms with Crippen molar-refractivity contribution in [2.24, 2.45) is 5.92 Å². The number of fused-ring (bicyclic) bond motifs is 2. The molecule has 1 N–H and O–H groups in total. The lowest BCUT2D eigenvalue weighted by molar-refractivity contribution is -0.137. The van der Waals surface area contributed by atoms with Gasteiger partial charge >= 0.3 is 6.18 Å². The van der Waals surface area contributed by atoms with Crippen molar-refractivity contribution in [1.82, 2.24) is 4.98 Å². The van der Waals surface area contributed by atoms with E-state index in [1.807, 2.05) is 18.2 Å². The van der Waals surface area contributed by atoms with Crippen LogP contribution >= 0.6 is 0 Å². The first-order chi connectivity index (χ1) is 15.8. The summed E-state index contributed by atoms with van der Waals surface area (Å²) in [6, 6.07) is 12.5. The van der Waals surface area contributed by atoms with E-state index in [4.69, 9.17) is 0 Å². The van der Waals surface area contributed by atoms with Gasteiger partial charge in [-0.2, -0.15) is 13.2 Å². The third-order valence-electron chi connectivity index (χ3n) is 5.94. The summed E-state index contributed by atoms with van der Waals surface area (Å²) in [5.74, 6) is -0.668. The Hall–Kier alpha value is -3.68. The fourth-order valence-electron chi connectivity index (χ4n) is 4.10. The first kappa shape index (κ1) is 21.2. The summed E-state index contributed by atoms with van der Waals surface area (Å²) in [4.78, 5) is 31.1. The fraction of sp³-hybridized carbons (Fsp3) is 0.240. The minimum absolute atomic E-state index is 0.122. The molecule has 2 heterocycles. The highest BCUT2D eigenvalue weighted by Crippen LogP contribution is 2.42. The summed E-state index contributed by atoms with van der Waals surface area (Å²) in [7, 11) is 0. The maximum atomic E-state index is 13.3. The van der Waals surface area contributed by atoms with E-state index in [1.54, 1.807) is 18.3 Å². The zero-order valence-corrected chi connectivity index (χ0v) is 17.5. The van der Waals surface area contributed by atoms with E-state index in [0.717, 1.165) is 35.9 Å². The van der Waals surface area contributed by atoms with Gasteiger partial charge < -0.3 is 10.2 Å². The van der Waals surface area contributed by atoms with Crippen LogP contribution in [0.15, 0.2) is 60.8 Å². The Labute approximate surface area is 187 Å². The fourth-order valence-corrected chi connectivity index (χ4v) is 4.10. The topological polar surface area (TPSA) is 62.3 Å². The second kappa shape index (κ2) is 8.03. The second-order valence-corrected chi connectivity index (χ2v) is 8.31. The van der Waals surface area contributed by atoms with Crippen LogP contribution in [0.3, 0.4) is 0 Å². The van der Waals surface area contributed by atoms with Crippen LogP contribution in [0.4, 0.5) is 24.5 Å². The van der Waals surface area contributed by atoms with E-state index >= 15 is 0 Å². The number of nitrogens with one attached hydrogen (secondary N) is 1. The Morgan fingerprint density at radius 1 is 1.09 bits per heavy atom. The minimum Gasteiger partial charge on any atom is -0.322 e. The van der Waals surface area contributed by atoms with Crippen LogP contribution in [0, 0.1) is 5.92 Å². The third kappa shape index (κ3) is 4.33. The predicted molar refractivity (Wildman–Crippen MR) is 119 cm³/mol. The van der Waals surface area contributed by atoms with Gasteiger partial charge in [-0.1, -0.05) is 18.2 Å². The minimum atomic E-state index is -4.52. The monoisotopic (exact) mass is 451 g/mol. The number of amides is 2. The Bertz CT molecular complexity index is 1300. The lowest BCUT2D eigenvalue weighted by Crippen LogP contribution is -2.36. The summed E-state index contributed by atoms with van der Waals surface area (Å²) in [5.41, 5.74) is 1.76. The number of aromatic nitrogens is 1. The average Bonchev–Trinajstić information content (AvgIpc) is 3.63. The first-order valence-electron chi connectivity index (χ1n) is 10.7. The molecule has 0 radical (unpaired) electrons. The van der Waals surface area contributed by atoms with Gasteiger partial charge in [0, 0.05) is 41.4 Å². The van der Waals surface area contributed by atoms with Crippen LogP contribution in [0.2, 0.25) is 0 Å². The number of hydrogen-bond donors (Lipinski definition) is 1. The molecule has 168 valence electrons. The predicted octanol–water partition coefficient (Wildman–Crippen LogP) is 5.42. The van der Waals surface area contributed by atoms with Gasteiger partial charge in [0.15, 0.2) is 0 Å². The molecule has 1 aliphatic carbocycles. The largest absolute Gasteiger partial charge is 0.416 e. The number of carbonyl (C=O) groups excluding carboxylic acids is 2. The number of hydrogen-bond acceptors (Lipinski definition) is 3. The summed E-state index contributed by atoms with van der Waals surface area (Å²) < 4.78 is 40.0. The van der Waals surface area contributed by atoms with Crippen molar-refractivity contribution in [1.29, 1.82) is 0 Å². The zero-order chi connectivity index (χ0) is 23.2. The van der Waals surface area contributed by atoms with Gasteiger partial charge in [0.25, 0.3) is 0 Å². The highest BCUT2D eigenvalue weighted by atomic mass is 19.4. The summed E-state index contributed by atoms with van der Waals surface area (Å²) in [5, 5.41) is 3.73. The molecule has 1 saturated carbocycles. The smallest absolute Gasteiger partial charge is 0.322 e. The van der Waals surface area contributed by atoms with Crippen molar-refractivity contribution >= 4 is 39.7 Å². The quantitative estimate of drug-likeness (QED) is 0.541. The number of benzene rings is 2. The summed E-state index contributed by atoms with van der Waals surface area (Å²) >= 11 is 0. The third-order valence-corrected chi connectivity index (χ3v) is 5.94. The zero-order valence-electron chi connectivity index (χ0n) is 17.5. The number of pyridine rings is 1. The van der Waals surface area contributed by atoms with Crippen LogP contribution in [0.5, 0.6) is 0 Å². The van der Waals surface area contributed by atoms with Crippen molar-refractivity contribution in [2.45, 2.75) is 25.4 Å². The molecule has 1 aromatic heterocycles. The highest BCUT2D eigenvalue weighted by molar-refractivity contribution is 6.07. The standard InChI is InChI=1S/C25H20F3N3O2/c26-25(27,28)18-6-8-20-17(9-11-31(22(20)13-18)24(33)16-3-4-16)12-23(32)30-19-7-5-15-2-1-10-29-21(15)14-19/h1-2,5-8,10,12-14,16H,3-4,9,11H2,(H,30,32). The normalized spacial score (nSPS) is 17.2. The van der Waals surface area contributed by atoms with Crippen LogP contribution in [0.1, 0.15) is 30.4 Å². The van der Waals surface area contributed by atoms with Crippen LogP contribution in [-0.2, 0) is 15.8 Å². The maximum Gasteiger partial charge on any atom is 0.416 e. The van der Waals surface area contributed by atoms with Gasteiger partial charge in [-0.05, 0) is 55.2 Å². The molecule has 0 spiro atoms. The number of anilines is 2. The van der Waals surface area contributed by atoms with E-state index in [2.05, 4.69) is 10.3 Å². The maximum absolute atomic E-state index is 13.3. The van der Waals surface area contributed by atoms with Gasteiger partial charge in [0.1, 0.15) is 0 Å². The van der Waals surface area contributed by atoms with Crippen LogP contribution in [-0.4, -0.2) is 23.3 Å². The molecule has 8 heteroatoms. The van der Waals surface area contributed by atoms with E-state index in [9.17, 15) is 22.8 Å². The van der Waals surface area contributed by atoms with Crippen molar-refractivity contribution in [3.8, 4) is 0 Å². The molecule has 33 heavy (non-hydrogen) atoms. The molecule has 1 fully saturated rings. The molecule has 5 nitrogen and oxygen atoms in total. The summed E-state index contributed by atoms with van der Waals surface area (Å²) in [6.07, 6.45) is 0.437. The molecule has 0 saturated heterocycles. The number of carbonyl (C=O) groups is 2. The van der Waals surface area contributed by atoms with E-state index in [1.165, 1.54) is 17.0 Å². The first-order valence-corrected chi connectivity index (χ1v) is 10.7. The van der Waals surface area contributed by atoms with Gasteiger partial charge in [-0.25, -0.2) is 0 Å². The lowest BCUT2D eigenvalue weighted by Gasteiger charge is -2.32. The molecular weight excluding hydrogens is 431 g/mol. The Kier molecular flexibility index (Phi) is 5.15. The van der Waals surface area contributed by atoms with Crippen molar-refractivity contribution in [2.75, 3.05) is 16.8 Å². The van der Waals surface area contributed by atoms with Gasteiger partial charge in [-0.15, -0.1) is 0 Å². The molecule has 2 aliphatic rings. The Balaban J connectivity index is 1.45. The molecule has 2 amide bonds. The van der Waals surface area contributed by atoms with Crippen molar-refractivity contribution < 1.29 is 22.8 Å². The molecular formula is C25H20F3N3O2. The molecule has 5 rings (SSSR count). The van der Waals surface area contributed by atoms with Crippen LogP contribution in [0.25, 0.3) is 16.5 Å². The number of nitrogens with zero attached hydrogens (tertiary/aromatic N) is 2. The molecule has 1 aliphatic heterocycles. The molecule has 3 aromatic rings. The van der Waals surface area contributed by atoms with Crippen LogP contribution < -0.4 is 10.2 Å². The average molecular weight is 451 g/mol. The van der Waals surface area contributed by atoms with Crippen molar-refractivity contribution in [3.05, 3.63) is 71.9 Å². The Morgan fingerprint density at radius 3 is 2.67 bits per heavy atom. The molecule has 0 atom stereocenters. The second-order valence-electron chi connectivity index (χ2n) is 8.31. The molecule has 2 aromatic carbocycles. The number of rotatable bonds is 3. The van der Waals surface area contributed by atoms with E-state index < -0.39 is 17.6 Å². The Morgan fingerprint density at radius 2 is 1.91 bits per heavy atom. The van der Waals surface area contributed by atoms with E-state index in [-0.39, 0.29) is 24.1 Å². The van der Waals surface area contributed by atoms with Gasteiger partial charge in [0.05, 0.1) is 16.8 Å². The van der Waals surface area contributed by atoms with Crippen molar-refractivity contribution in [3.63, 3.8) is 0 Å². The van der Waals surface area contributed by atoms with Gasteiger partial charge in [-0.3, -0.25) is 14.6 Å². The molecule has 0 bridgehead atoms. The SMILES string of the molecule is O=C(C=C1CCN(C(=O)C2CC2)c2cc(C(F)(F)F)ccc21)Nc1ccc2cccnc2c1. The summed E-state index contributed by atoms with van der Waals surface area (Å²) in [6.45, 7) is 0.239. The van der Waals surface area contributed by atoms with Gasteiger partial charge in [0.2, 0.25) is 11.8 Å². The molecule has 0 unspecified atom stereocenters. The van der Waals surface area contributed by atoms with E-state index in [0.29, 0.717) is 23.2 Å². The lowest BCUT2D eigenvalue weighted by atomic mass is 9.93.